The van der Waals surface area contributed by atoms with E-state index in [9.17, 15) is 14.0 Å². The van der Waals surface area contributed by atoms with E-state index in [4.69, 9.17) is 11.6 Å². The summed E-state index contributed by atoms with van der Waals surface area (Å²) >= 11 is 6.08. The van der Waals surface area contributed by atoms with Crippen LogP contribution in [0.4, 0.5) is 14.9 Å². The quantitative estimate of drug-likeness (QED) is 0.790. The molecule has 31 heavy (non-hydrogen) atoms. The van der Waals surface area contributed by atoms with E-state index < -0.39 is 12.2 Å². The number of amides is 3. The molecule has 3 amide bonds. The number of nitrogens with one attached hydrogen (secondary N) is 1. The molecule has 0 aromatic heterocycles. The van der Waals surface area contributed by atoms with Crippen LogP contribution in [0.25, 0.3) is 0 Å². The zero-order valence-electron chi connectivity index (χ0n) is 17.0. The summed E-state index contributed by atoms with van der Waals surface area (Å²) in [7, 11) is 1.71. The van der Waals surface area contributed by atoms with Crippen molar-refractivity contribution >= 4 is 29.2 Å². The van der Waals surface area contributed by atoms with Crippen LogP contribution in [0.5, 0.6) is 0 Å². The number of nitrogens with zero attached hydrogens (tertiary/aromatic N) is 4. The van der Waals surface area contributed by atoms with E-state index in [-0.39, 0.29) is 30.6 Å². The van der Waals surface area contributed by atoms with Gasteiger partial charge in [-0.05, 0) is 48.4 Å². The van der Waals surface area contributed by atoms with E-state index in [2.05, 4.69) is 15.1 Å². The second-order valence-electron chi connectivity index (χ2n) is 8.14. The molecular weight excluding hydrogens is 421 g/mol. The molecule has 5 rings (SSSR count). The van der Waals surface area contributed by atoms with Crippen LogP contribution in [0, 0.1) is 5.82 Å². The lowest BCUT2D eigenvalue weighted by Crippen LogP contribution is -2.66. The molecule has 0 bridgehead atoms. The SMILES string of the molecule is CN1C(=O)N(Cc2cccc(Cl)c2)C(=O)C2C1NC1N(c3ccc(F)cc3)CCCN21. The zero-order valence-corrected chi connectivity index (χ0v) is 17.8. The van der Waals surface area contributed by atoms with E-state index >= 15 is 0 Å². The minimum atomic E-state index is -0.491. The second kappa shape index (κ2) is 7.78. The Morgan fingerprint density at radius 3 is 2.65 bits per heavy atom. The van der Waals surface area contributed by atoms with E-state index in [1.807, 2.05) is 6.07 Å². The maximum absolute atomic E-state index is 13.5. The van der Waals surface area contributed by atoms with Crippen LogP contribution in [-0.4, -0.2) is 65.3 Å². The second-order valence-corrected chi connectivity index (χ2v) is 8.58. The normalized spacial score (nSPS) is 26.3. The van der Waals surface area contributed by atoms with Gasteiger partial charge in [0.05, 0.1) is 6.54 Å². The molecule has 3 atom stereocenters. The Morgan fingerprint density at radius 2 is 1.90 bits per heavy atom. The van der Waals surface area contributed by atoms with Gasteiger partial charge in [-0.15, -0.1) is 0 Å². The summed E-state index contributed by atoms with van der Waals surface area (Å²) in [5.74, 6) is -0.508. The van der Waals surface area contributed by atoms with Crippen molar-refractivity contribution in [3.05, 3.63) is 64.9 Å². The molecule has 2 aromatic carbocycles. The average Bonchev–Trinajstić information content (AvgIpc) is 3.16. The summed E-state index contributed by atoms with van der Waals surface area (Å²) in [6, 6.07) is 12.7. The third-order valence-electron chi connectivity index (χ3n) is 6.26. The summed E-state index contributed by atoms with van der Waals surface area (Å²) < 4.78 is 13.4. The highest BCUT2D eigenvalue weighted by atomic mass is 35.5. The van der Waals surface area contributed by atoms with Crippen molar-refractivity contribution in [2.24, 2.45) is 0 Å². The standard InChI is InChI=1S/C22H23ClFN5O2/c1-26-19-18(20(30)29(22(26)31)13-14-4-2-5-15(23)12-14)28-11-3-10-27(21(28)25-19)17-8-6-16(24)7-9-17/h2,4-9,12,18-19,21,25H,3,10-11,13H2,1H3. The van der Waals surface area contributed by atoms with Crippen LogP contribution in [0.2, 0.25) is 5.02 Å². The minimum absolute atomic E-state index is 0.173. The van der Waals surface area contributed by atoms with Gasteiger partial charge in [0.15, 0.2) is 0 Å². The molecule has 0 aliphatic carbocycles. The van der Waals surface area contributed by atoms with Crippen LogP contribution in [-0.2, 0) is 11.3 Å². The number of urea groups is 1. The van der Waals surface area contributed by atoms with Crippen molar-refractivity contribution in [1.29, 1.82) is 0 Å². The smallest absolute Gasteiger partial charge is 0.328 e. The Morgan fingerprint density at radius 1 is 1.13 bits per heavy atom. The van der Waals surface area contributed by atoms with Crippen LogP contribution in [0.1, 0.15) is 12.0 Å². The van der Waals surface area contributed by atoms with Crippen molar-refractivity contribution < 1.29 is 14.0 Å². The topological polar surface area (TPSA) is 59.1 Å². The fourth-order valence-corrected chi connectivity index (χ4v) is 4.99. The van der Waals surface area contributed by atoms with Crippen LogP contribution in [0.3, 0.4) is 0 Å². The molecule has 3 fully saturated rings. The Hall–Kier alpha value is -2.68. The van der Waals surface area contributed by atoms with Crippen LogP contribution in [0.15, 0.2) is 48.5 Å². The Labute approximate surface area is 185 Å². The highest BCUT2D eigenvalue weighted by molar-refractivity contribution is 6.30. The molecule has 0 saturated carbocycles. The first-order valence-corrected chi connectivity index (χ1v) is 10.7. The molecule has 0 radical (unpaired) electrons. The minimum Gasteiger partial charge on any atom is -0.343 e. The van der Waals surface area contributed by atoms with Gasteiger partial charge in [-0.1, -0.05) is 23.7 Å². The average molecular weight is 444 g/mol. The molecular formula is C22H23ClFN5O2. The highest BCUT2D eigenvalue weighted by Crippen LogP contribution is 2.33. The molecule has 2 aromatic rings. The summed E-state index contributed by atoms with van der Waals surface area (Å²) in [5, 5.41) is 4.02. The molecule has 3 saturated heterocycles. The van der Waals surface area contributed by atoms with Crippen LogP contribution < -0.4 is 10.2 Å². The monoisotopic (exact) mass is 443 g/mol. The zero-order chi connectivity index (χ0) is 21.7. The first-order valence-electron chi connectivity index (χ1n) is 10.3. The lowest BCUT2D eigenvalue weighted by atomic mass is 10.1. The number of imide groups is 1. The van der Waals surface area contributed by atoms with E-state index in [0.717, 1.165) is 30.8 Å². The number of carbonyl (C=O) groups is 2. The number of likely N-dealkylation sites (N-methyl/N-ethyl adjacent to an activating group) is 1. The molecule has 7 nitrogen and oxygen atoms in total. The first-order chi connectivity index (χ1) is 14.9. The maximum atomic E-state index is 13.5. The number of benzene rings is 2. The Bertz CT molecular complexity index is 1020. The summed E-state index contributed by atoms with van der Waals surface area (Å²) in [6.07, 6.45) is 0.180. The van der Waals surface area contributed by atoms with Gasteiger partial charge in [-0.25, -0.2) is 9.18 Å². The summed E-state index contributed by atoms with van der Waals surface area (Å²) in [6.45, 7) is 1.68. The van der Waals surface area contributed by atoms with Gasteiger partial charge in [-0.3, -0.25) is 19.9 Å². The lowest BCUT2D eigenvalue weighted by Gasteiger charge is -2.43. The summed E-state index contributed by atoms with van der Waals surface area (Å²) in [4.78, 5) is 33.7. The molecule has 162 valence electrons. The molecule has 9 heteroatoms. The third-order valence-corrected chi connectivity index (χ3v) is 6.49. The predicted molar refractivity (Wildman–Crippen MR) is 115 cm³/mol. The number of halogens is 2. The van der Waals surface area contributed by atoms with Gasteiger partial charge in [0.1, 0.15) is 24.3 Å². The summed E-state index contributed by atoms with van der Waals surface area (Å²) in [5.41, 5.74) is 1.68. The first kappa shape index (κ1) is 20.2. The van der Waals surface area contributed by atoms with Gasteiger partial charge < -0.3 is 9.80 Å². The highest BCUT2D eigenvalue weighted by Gasteiger charge is 2.56. The maximum Gasteiger partial charge on any atom is 0.328 e. The number of hydrogen-bond donors (Lipinski definition) is 1. The van der Waals surface area contributed by atoms with Gasteiger partial charge in [0, 0.05) is 30.8 Å². The van der Waals surface area contributed by atoms with E-state index in [0.29, 0.717) is 5.02 Å². The van der Waals surface area contributed by atoms with Gasteiger partial charge in [0.2, 0.25) is 0 Å². The largest absolute Gasteiger partial charge is 0.343 e. The van der Waals surface area contributed by atoms with E-state index in [1.165, 1.54) is 17.0 Å². The lowest BCUT2D eigenvalue weighted by molar-refractivity contribution is -0.139. The number of carbonyl (C=O) groups excluding carboxylic acids is 2. The van der Waals surface area contributed by atoms with Crippen molar-refractivity contribution in [1.82, 2.24) is 20.0 Å². The number of anilines is 1. The third kappa shape index (κ3) is 3.44. The molecule has 3 aliphatic rings. The van der Waals surface area contributed by atoms with Crippen molar-refractivity contribution in [3.8, 4) is 0 Å². The van der Waals surface area contributed by atoms with Crippen molar-refractivity contribution in [2.45, 2.75) is 31.5 Å². The van der Waals surface area contributed by atoms with E-state index in [1.54, 1.807) is 42.3 Å². The fourth-order valence-electron chi connectivity index (χ4n) is 4.78. The predicted octanol–water partition coefficient (Wildman–Crippen LogP) is 2.67. The van der Waals surface area contributed by atoms with Gasteiger partial charge >= 0.3 is 6.03 Å². The fraction of sp³-hybridized carbons (Fsp3) is 0.364. The number of hydrogen-bond acceptors (Lipinski definition) is 5. The number of rotatable bonds is 3. The Kier molecular flexibility index (Phi) is 5.08. The van der Waals surface area contributed by atoms with Crippen LogP contribution >= 0.6 is 11.6 Å². The molecule has 3 heterocycles. The molecule has 3 unspecified atom stereocenters. The van der Waals surface area contributed by atoms with Gasteiger partial charge in [0.25, 0.3) is 5.91 Å². The number of fused-ring (bicyclic) bond motifs is 3. The Balaban J connectivity index is 1.43. The molecule has 0 spiro atoms. The van der Waals surface area contributed by atoms with Crippen molar-refractivity contribution in [2.75, 3.05) is 25.0 Å². The molecule has 1 N–H and O–H groups in total. The van der Waals surface area contributed by atoms with Gasteiger partial charge in [-0.2, -0.15) is 0 Å². The molecule has 3 aliphatic heterocycles. The van der Waals surface area contributed by atoms with Crippen molar-refractivity contribution in [3.63, 3.8) is 0 Å².